The highest BCUT2D eigenvalue weighted by Gasteiger charge is 2.30. The zero-order valence-electron chi connectivity index (χ0n) is 25.6. The Morgan fingerprint density at radius 2 is 1.64 bits per heavy atom. The molecule has 1 saturated heterocycles. The smallest absolute Gasteiger partial charge is 0.211 e. The van der Waals surface area contributed by atoms with Gasteiger partial charge in [-0.15, -0.1) is 0 Å². The summed E-state index contributed by atoms with van der Waals surface area (Å²) < 4.78 is 40.0. The second kappa shape index (κ2) is 13.8. The van der Waals surface area contributed by atoms with Crippen molar-refractivity contribution in [2.24, 2.45) is 0 Å². The summed E-state index contributed by atoms with van der Waals surface area (Å²) in [5, 5.41) is 5.59. The highest BCUT2D eigenvalue weighted by Crippen LogP contribution is 2.33. The van der Waals surface area contributed by atoms with Gasteiger partial charge >= 0.3 is 0 Å². The number of nitrogens with zero attached hydrogens (tertiary/aromatic N) is 4. The molecule has 0 spiro atoms. The first-order valence-corrected chi connectivity index (χ1v) is 17.5. The molecule has 0 radical (unpaired) electrons. The van der Waals surface area contributed by atoms with Crippen LogP contribution in [0.5, 0.6) is 11.5 Å². The minimum absolute atomic E-state index is 0.299. The minimum Gasteiger partial charge on any atom is -0.457 e. The van der Waals surface area contributed by atoms with Crippen molar-refractivity contribution >= 4 is 21.6 Å². The summed E-state index contributed by atoms with van der Waals surface area (Å²) in [6, 6.07) is 21.3. The number of aromatic nitrogens is 2. The molecular weight excluding hydrogens is 608 g/mol. The molecule has 0 bridgehead atoms. The number of ether oxygens (including phenoxy) is 2. The van der Waals surface area contributed by atoms with Gasteiger partial charge in [0.2, 0.25) is 10.0 Å². The Hall–Kier alpha value is -3.65. The summed E-state index contributed by atoms with van der Waals surface area (Å²) in [5.41, 5.74) is 6.38. The summed E-state index contributed by atoms with van der Waals surface area (Å²) in [6.07, 6.45) is 2.84. The Labute approximate surface area is 270 Å². The molecule has 0 atom stereocenters. The molecule has 234 valence electrons. The fraction of sp³-hybridized carbons (Fsp3) is 0.343. The third-order valence-corrected chi connectivity index (χ3v) is 9.79. The van der Waals surface area contributed by atoms with Crippen LogP contribution < -0.4 is 4.74 Å². The van der Waals surface area contributed by atoms with Crippen LogP contribution in [0, 0.1) is 18.8 Å². The molecule has 1 aromatic heterocycles. The molecular formula is C35H37ClN4O4S. The first kappa shape index (κ1) is 31.3. The van der Waals surface area contributed by atoms with Gasteiger partial charge in [0, 0.05) is 73.6 Å². The summed E-state index contributed by atoms with van der Waals surface area (Å²) in [4.78, 5) is 2.42. The van der Waals surface area contributed by atoms with Gasteiger partial charge in [-0.1, -0.05) is 47.2 Å². The molecule has 3 aromatic carbocycles. The van der Waals surface area contributed by atoms with Gasteiger partial charge in [-0.3, -0.25) is 9.58 Å². The van der Waals surface area contributed by atoms with Gasteiger partial charge in [0.05, 0.1) is 30.2 Å². The molecule has 0 unspecified atom stereocenters. The highest BCUT2D eigenvalue weighted by atomic mass is 35.5. The van der Waals surface area contributed by atoms with Crippen molar-refractivity contribution in [2.75, 3.05) is 45.6 Å². The Balaban J connectivity index is 1.23. The van der Waals surface area contributed by atoms with E-state index in [9.17, 15) is 8.42 Å². The molecule has 8 nitrogen and oxygen atoms in total. The highest BCUT2D eigenvalue weighted by molar-refractivity contribution is 7.88. The van der Waals surface area contributed by atoms with Gasteiger partial charge in [-0.2, -0.15) is 9.40 Å². The molecule has 0 saturated carbocycles. The van der Waals surface area contributed by atoms with Crippen LogP contribution in [0.15, 0.2) is 66.7 Å². The van der Waals surface area contributed by atoms with Crippen molar-refractivity contribution < 1.29 is 17.9 Å². The maximum absolute atomic E-state index is 12.5. The second-order valence-corrected chi connectivity index (χ2v) is 13.9. The average Bonchev–Trinajstić information content (AvgIpc) is 3.40. The zero-order chi connectivity index (χ0) is 31.4. The number of hydrogen-bond donors (Lipinski definition) is 0. The van der Waals surface area contributed by atoms with Crippen LogP contribution in [-0.2, 0) is 34.3 Å². The molecule has 3 heterocycles. The van der Waals surface area contributed by atoms with Gasteiger partial charge in [-0.05, 0) is 61.9 Å². The largest absolute Gasteiger partial charge is 0.457 e. The number of fused-ring (bicyclic) bond motifs is 1. The van der Waals surface area contributed by atoms with E-state index in [2.05, 4.69) is 21.4 Å². The van der Waals surface area contributed by atoms with Crippen LogP contribution >= 0.6 is 11.6 Å². The normalized spacial score (nSPS) is 15.7. The average molecular weight is 645 g/mol. The lowest BCUT2D eigenvalue weighted by Crippen LogP contribution is -2.37. The topological polar surface area (TPSA) is 76.9 Å². The van der Waals surface area contributed by atoms with E-state index in [1.165, 1.54) is 16.1 Å². The van der Waals surface area contributed by atoms with Gasteiger partial charge in [0.25, 0.3) is 0 Å². The lowest BCUT2D eigenvalue weighted by Gasteiger charge is -2.27. The fourth-order valence-electron chi connectivity index (χ4n) is 5.69. The van der Waals surface area contributed by atoms with Crippen LogP contribution in [0.4, 0.5) is 0 Å². The van der Waals surface area contributed by atoms with E-state index < -0.39 is 10.0 Å². The van der Waals surface area contributed by atoms with E-state index in [0.717, 1.165) is 85.4 Å². The monoisotopic (exact) mass is 644 g/mol. The van der Waals surface area contributed by atoms with Gasteiger partial charge in [0.15, 0.2) is 0 Å². The van der Waals surface area contributed by atoms with Crippen molar-refractivity contribution in [3.63, 3.8) is 0 Å². The number of morpholine rings is 1. The van der Waals surface area contributed by atoms with E-state index in [-0.39, 0.29) is 0 Å². The maximum Gasteiger partial charge on any atom is 0.211 e. The Morgan fingerprint density at radius 1 is 0.933 bits per heavy atom. The SMILES string of the molecule is Cc1ccc(Oc2ccc(C#Cc3cc(-c4nn(CCCN5CCOCC5)c5c4CN(S(C)(=O)=O)CC5)ccc3Cl)cc2)cc1. The summed E-state index contributed by atoms with van der Waals surface area (Å²) in [7, 11) is -3.34. The minimum atomic E-state index is -3.34. The van der Waals surface area contributed by atoms with Crippen molar-refractivity contribution in [3.8, 4) is 34.6 Å². The maximum atomic E-state index is 12.5. The molecule has 45 heavy (non-hydrogen) atoms. The molecule has 1 fully saturated rings. The number of rotatable bonds is 8. The van der Waals surface area contributed by atoms with Crippen LogP contribution in [0.25, 0.3) is 11.3 Å². The van der Waals surface area contributed by atoms with E-state index in [1.54, 1.807) is 0 Å². The third kappa shape index (κ3) is 7.78. The van der Waals surface area contributed by atoms with Gasteiger partial charge in [0.1, 0.15) is 11.5 Å². The van der Waals surface area contributed by atoms with Crippen LogP contribution in [0.2, 0.25) is 5.02 Å². The van der Waals surface area contributed by atoms with E-state index in [1.807, 2.05) is 73.7 Å². The predicted octanol–water partition coefficient (Wildman–Crippen LogP) is 5.74. The van der Waals surface area contributed by atoms with Crippen molar-refractivity contribution in [1.82, 2.24) is 19.0 Å². The van der Waals surface area contributed by atoms with Crippen molar-refractivity contribution in [1.29, 1.82) is 0 Å². The fourth-order valence-corrected chi connectivity index (χ4v) is 6.64. The van der Waals surface area contributed by atoms with Gasteiger partial charge in [-0.25, -0.2) is 8.42 Å². The molecule has 4 aromatic rings. The lowest BCUT2D eigenvalue weighted by atomic mass is 10.0. The molecule has 10 heteroatoms. The molecule has 0 aliphatic carbocycles. The summed E-state index contributed by atoms with van der Waals surface area (Å²) in [6.45, 7) is 7.99. The van der Waals surface area contributed by atoms with E-state index in [4.69, 9.17) is 26.2 Å². The third-order valence-electron chi connectivity index (χ3n) is 8.21. The Bertz CT molecular complexity index is 1820. The number of hydrogen-bond acceptors (Lipinski definition) is 6. The summed E-state index contributed by atoms with van der Waals surface area (Å²) in [5.74, 6) is 7.96. The van der Waals surface area contributed by atoms with E-state index >= 15 is 0 Å². The van der Waals surface area contributed by atoms with Crippen LogP contribution in [0.1, 0.15) is 34.4 Å². The van der Waals surface area contributed by atoms with E-state index in [0.29, 0.717) is 30.1 Å². The molecule has 6 rings (SSSR count). The zero-order valence-corrected chi connectivity index (χ0v) is 27.2. The lowest BCUT2D eigenvalue weighted by molar-refractivity contribution is 0.0368. The second-order valence-electron chi connectivity index (χ2n) is 11.5. The molecule has 2 aliphatic heterocycles. The number of sulfonamides is 1. The molecule has 0 amide bonds. The Morgan fingerprint density at radius 3 is 2.36 bits per heavy atom. The number of halogens is 1. The predicted molar refractivity (Wildman–Crippen MR) is 177 cm³/mol. The van der Waals surface area contributed by atoms with Crippen molar-refractivity contribution in [3.05, 3.63) is 99.7 Å². The van der Waals surface area contributed by atoms with Crippen LogP contribution in [-0.4, -0.2) is 73.1 Å². The summed E-state index contributed by atoms with van der Waals surface area (Å²) >= 11 is 6.60. The Kier molecular flexibility index (Phi) is 9.59. The van der Waals surface area contributed by atoms with Gasteiger partial charge < -0.3 is 9.47 Å². The quantitative estimate of drug-likeness (QED) is 0.228. The number of benzene rings is 3. The number of aryl methyl sites for hydroxylation is 2. The molecule has 2 aliphatic rings. The first-order valence-electron chi connectivity index (χ1n) is 15.2. The van der Waals surface area contributed by atoms with Crippen LogP contribution in [0.3, 0.4) is 0 Å². The van der Waals surface area contributed by atoms with Crippen molar-refractivity contribution in [2.45, 2.75) is 32.9 Å². The standard InChI is InChI=1S/C35H37ClN4O4S/c1-26-4-11-30(12-5-26)44-31-13-7-27(8-14-31)6-9-28-24-29(10-15-33(28)36)35-32-25-39(45(2,41)42)19-16-34(32)40(37-35)18-3-17-38-20-22-43-23-21-38/h4-5,7-8,10-15,24H,3,16-23,25H2,1-2H3. The first-order chi connectivity index (χ1) is 21.7. The molecule has 0 N–H and O–H groups in total.